The summed E-state index contributed by atoms with van der Waals surface area (Å²) < 4.78 is 1.91. The van der Waals surface area contributed by atoms with Gasteiger partial charge in [0.1, 0.15) is 5.75 Å². The number of fused-ring (bicyclic) bond motifs is 1. The number of carboxylic acid groups (broad SMARTS) is 1. The molecule has 0 bridgehead atoms. The first-order chi connectivity index (χ1) is 12.0. The number of hydrogen-bond acceptors (Lipinski definition) is 4. The molecule has 130 valence electrons. The van der Waals surface area contributed by atoms with E-state index in [1.54, 1.807) is 13.0 Å². The van der Waals surface area contributed by atoms with E-state index >= 15 is 0 Å². The summed E-state index contributed by atoms with van der Waals surface area (Å²) in [4.78, 5) is 25.9. The van der Waals surface area contributed by atoms with Crippen LogP contribution in [0.3, 0.4) is 0 Å². The van der Waals surface area contributed by atoms with Crippen molar-refractivity contribution in [2.24, 2.45) is 0 Å². The number of pyridine rings is 1. The van der Waals surface area contributed by atoms with E-state index in [1.807, 2.05) is 29.0 Å². The number of nitrogens with zero attached hydrogens (tertiary/aromatic N) is 1. The van der Waals surface area contributed by atoms with Crippen molar-refractivity contribution in [2.75, 3.05) is 6.61 Å². The fourth-order valence-electron chi connectivity index (χ4n) is 3.08. The summed E-state index contributed by atoms with van der Waals surface area (Å²) in [6, 6.07) is 7.40. The first kappa shape index (κ1) is 16.8. The molecule has 0 amide bonds. The number of aromatic hydroxyl groups is 1. The van der Waals surface area contributed by atoms with Crippen LogP contribution < -0.4 is 5.56 Å². The molecule has 2 aromatic heterocycles. The molecule has 0 fully saturated rings. The fourth-order valence-corrected chi connectivity index (χ4v) is 3.08. The van der Waals surface area contributed by atoms with Crippen LogP contribution in [0.2, 0.25) is 0 Å². The van der Waals surface area contributed by atoms with Crippen molar-refractivity contribution >= 4 is 16.9 Å². The Kier molecular flexibility index (Phi) is 4.33. The number of aromatic amines is 1. The van der Waals surface area contributed by atoms with Gasteiger partial charge in [-0.05, 0) is 30.2 Å². The second kappa shape index (κ2) is 6.45. The van der Waals surface area contributed by atoms with Crippen LogP contribution in [-0.4, -0.2) is 37.4 Å². The van der Waals surface area contributed by atoms with Gasteiger partial charge in [-0.1, -0.05) is 13.0 Å². The number of benzene rings is 1. The van der Waals surface area contributed by atoms with E-state index in [9.17, 15) is 14.7 Å². The zero-order valence-electron chi connectivity index (χ0n) is 13.6. The lowest BCUT2D eigenvalue weighted by Gasteiger charge is -2.12. The Balaban J connectivity index is 2.21. The lowest BCUT2D eigenvalue weighted by Crippen LogP contribution is -2.20. The molecule has 2 heterocycles. The van der Waals surface area contributed by atoms with Gasteiger partial charge < -0.3 is 24.9 Å². The third-order valence-corrected chi connectivity index (χ3v) is 4.26. The molecule has 3 rings (SSSR count). The highest BCUT2D eigenvalue weighted by Gasteiger charge is 2.22. The molecule has 0 saturated carbocycles. The average Bonchev–Trinajstić information content (AvgIpc) is 2.96. The Bertz CT molecular complexity index is 1020. The van der Waals surface area contributed by atoms with E-state index in [2.05, 4.69) is 4.98 Å². The van der Waals surface area contributed by atoms with E-state index in [0.29, 0.717) is 29.8 Å². The number of rotatable bonds is 5. The molecule has 0 spiro atoms. The first-order valence-corrected chi connectivity index (χ1v) is 7.89. The summed E-state index contributed by atoms with van der Waals surface area (Å²) in [5.74, 6) is -1.96. The smallest absolute Gasteiger partial charge is 0.345 e. The normalized spacial score (nSPS) is 11.1. The number of carboxylic acids is 1. The molecule has 0 aliphatic rings. The zero-order valence-corrected chi connectivity index (χ0v) is 13.6. The van der Waals surface area contributed by atoms with Crippen LogP contribution in [-0.2, 0) is 13.0 Å². The monoisotopic (exact) mass is 342 g/mol. The van der Waals surface area contributed by atoms with Gasteiger partial charge in [0.05, 0.1) is 12.3 Å². The molecule has 0 aliphatic carbocycles. The summed E-state index contributed by atoms with van der Waals surface area (Å²) in [5.41, 5.74) is 0.920. The van der Waals surface area contributed by atoms with Gasteiger partial charge >= 0.3 is 5.97 Å². The second-order valence-corrected chi connectivity index (χ2v) is 5.70. The van der Waals surface area contributed by atoms with Crippen molar-refractivity contribution < 1.29 is 20.1 Å². The molecule has 0 radical (unpaired) electrons. The van der Waals surface area contributed by atoms with Crippen molar-refractivity contribution in [2.45, 2.75) is 19.9 Å². The molecule has 7 nitrogen and oxygen atoms in total. The quantitative estimate of drug-likeness (QED) is 0.566. The highest BCUT2D eigenvalue weighted by molar-refractivity contribution is 5.92. The van der Waals surface area contributed by atoms with E-state index in [1.165, 1.54) is 0 Å². The van der Waals surface area contributed by atoms with Gasteiger partial charge in [0.2, 0.25) is 0 Å². The zero-order chi connectivity index (χ0) is 18.1. The van der Waals surface area contributed by atoms with Gasteiger partial charge in [0, 0.05) is 29.2 Å². The van der Waals surface area contributed by atoms with Crippen LogP contribution in [0, 0.1) is 0 Å². The largest absolute Gasteiger partial charge is 0.506 e. The average molecular weight is 342 g/mol. The van der Waals surface area contributed by atoms with Crippen LogP contribution >= 0.6 is 0 Å². The number of nitrogens with one attached hydrogen (secondary N) is 1. The predicted molar refractivity (Wildman–Crippen MR) is 93.1 cm³/mol. The lowest BCUT2D eigenvalue weighted by atomic mass is 9.99. The lowest BCUT2D eigenvalue weighted by molar-refractivity contribution is 0.0691. The number of aromatic carboxylic acids is 1. The molecule has 0 atom stereocenters. The summed E-state index contributed by atoms with van der Waals surface area (Å²) in [6.45, 7) is 2.29. The minimum absolute atomic E-state index is 0.0311. The summed E-state index contributed by atoms with van der Waals surface area (Å²) in [7, 11) is 0. The molecule has 7 heteroatoms. The third-order valence-electron chi connectivity index (χ3n) is 4.26. The summed E-state index contributed by atoms with van der Waals surface area (Å²) >= 11 is 0. The van der Waals surface area contributed by atoms with Crippen molar-refractivity contribution in [3.05, 3.63) is 51.9 Å². The van der Waals surface area contributed by atoms with E-state index in [-0.39, 0.29) is 6.61 Å². The molecule has 4 N–H and O–H groups in total. The maximum atomic E-state index is 12.1. The number of aliphatic hydroxyl groups excluding tert-OH is 1. The summed E-state index contributed by atoms with van der Waals surface area (Å²) in [5, 5.41) is 29.4. The number of aliphatic hydroxyl groups is 1. The number of hydrogen-bond donors (Lipinski definition) is 4. The number of aromatic nitrogens is 2. The number of H-pyrrole nitrogens is 1. The Morgan fingerprint density at radius 3 is 2.68 bits per heavy atom. The van der Waals surface area contributed by atoms with E-state index in [0.717, 1.165) is 10.9 Å². The van der Waals surface area contributed by atoms with Gasteiger partial charge in [-0.25, -0.2) is 4.79 Å². The van der Waals surface area contributed by atoms with Crippen molar-refractivity contribution in [1.29, 1.82) is 0 Å². The Hall–Kier alpha value is -3.06. The van der Waals surface area contributed by atoms with Crippen LogP contribution in [0.4, 0.5) is 0 Å². The molecule has 0 saturated heterocycles. The molecule has 3 aromatic rings. The van der Waals surface area contributed by atoms with Gasteiger partial charge in [0.15, 0.2) is 5.56 Å². The van der Waals surface area contributed by atoms with Crippen molar-refractivity contribution in [3.63, 3.8) is 0 Å². The van der Waals surface area contributed by atoms with E-state index < -0.39 is 22.8 Å². The minimum atomic E-state index is -1.46. The Morgan fingerprint density at radius 1 is 1.28 bits per heavy atom. The Labute approximate surface area is 142 Å². The highest BCUT2D eigenvalue weighted by atomic mass is 16.4. The van der Waals surface area contributed by atoms with Gasteiger partial charge in [-0.15, -0.1) is 0 Å². The minimum Gasteiger partial charge on any atom is -0.506 e. The second-order valence-electron chi connectivity index (χ2n) is 5.70. The standard InChI is InChI=1S/C18H18N2O5/c1-2-12-15(19-17(23)14(16(12)22)18(24)25)11-3-4-13-10(9-11)5-6-20(13)7-8-21/h3-6,9,21H,2,7-8H2,1H3,(H,24,25)(H2,19,22,23). The molecule has 0 aliphatic heterocycles. The topological polar surface area (TPSA) is 116 Å². The van der Waals surface area contributed by atoms with Crippen LogP contribution in [0.15, 0.2) is 35.3 Å². The highest BCUT2D eigenvalue weighted by Crippen LogP contribution is 2.31. The first-order valence-electron chi connectivity index (χ1n) is 7.89. The van der Waals surface area contributed by atoms with Crippen molar-refractivity contribution in [1.82, 2.24) is 9.55 Å². The van der Waals surface area contributed by atoms with Gasteiger partial charge in [-0.3, -0.25) is 4.79 Å². The molecular weight excluding hydrogens is 324 g/mol. The summed E-state index contributed by atoms with van der Waals surface area (Å²) in [6.07, 6.45) is 2.22. The maximum Gasteiger partial charge on any atom is 0.345 e. The number of carbonyl (C=O) groups is 1. The molecular formula is C18H18N2O5. The maximum absolute atomic E-state index is 12.1. The van der Waals surface area contributed by atoms with Gasteiger partial charge in [0.25, 0.3) is 5.56 Å². The van der Waals surface area contributed by atoms with Crippen LogP contribution in [0.25, 0.3) is 22.2 Å². The Morgan fingerprint density at radius 2 is 2.04 bits per heavy atom. The SMILES string of the molecule is CCc1c(-c2ccc3c(ccn3CCO)c2)[nH]c(=O)c(C(=O)O)c1O. The molecule has 1 aromatic carbocycles. The third kappa shape index (κ3) is 2.78. The van der Waals surface area contributed by atoms with Crippen LogP contribution in [0.5, 0.6) is 5.75 Å². The van der Waals surface area contributed by atoms with E-state index in [4.69, 9.17) is 10.2 Å². The molecule has 0 unspecified atom stereocenters. The van der Waals surface area contributed by atoms with Gasteiger partial charge in [-0.2, -0.15) is 0 Å². The molecule has 25 heavy (non-hydrogen) atoms. The fraction of sp³-hybridized carbons (Fsp3) is 0.222. The van der Waals surface area contributed by atoms with Crippen LogP contribution in [0.1, 0.15) is 22.8 Å². The predicted octanol–water partition coefficient (Wildman–Crippen LogP) is 1.96. The van der Waals surface area contributed by atoms with Crippen molar-refractivity contribution in [3.8, 4) is 17.0 Å².